The Morgan fingerprint density at radius 2 is 1.67 bits per heavy atom. The Bertz CT molecular complexity index is 952. The van der Waals surface area contributed by atoms with Crippen LogP contribution in [0, 0.1) is 5.82 Å². The van der Waals surface area contributed by atoms with Crippen molar-refractivity contribution >= 4 is 22.8 Å². The van der Waals surface area contributed by atoms with E-state index in [0.717, 1.165) is 16.3 Å². The van der Waals surface area contributed by atoms with E-state index in [2.05, 4.69) is 10.6 Å². The van der Waals surface area contributed by atoms with E-state index in [1.165, 1.54) is 24.3 Å². The molecule has 0 aromatic heterocycles. The van der Waals surface area contributed by atoms with Crippen LogP contribution in [0.4, 0.5) is 9.18 Å². The van der Waals surface area contributed by atoms with Gasteiger partial charge in [-0.3, -0.25) is 4.79 Å². The maximum absolute atomic E-state index is 13.0. The topological polar surface area (TPSA) is 78.4 Å². The van der Waals surface area contributed by atoms with Gasteiger partial charge in [0.05, 0.1) is 0 Å². The van der Waals surface area contributed by atoms with Gasteiger partial charge in [-0.25, -0.2) is 9.18 Å². The second-order valence-electron chi connectivity index (χ2n) is 6.19. The van der Waals surface area contributed by atoms with Gasteiger partial charge in [-0.15, -0.1) is 0 Å². The molecule has 3 aromatic carbocycles. The molecular formula is C21H19FN2O3. The van der Waals surface area contributed by atoms with Gasteiger partial charge in [0.1, 0.15) is 11.9 Å². The number of hydrogen-bond donors (Lipinski definition) is 3. The largest absolute Gasteiger partial charge is 0.465 e. The zero-order valence-electron chi connectivity index (χ0n) is 14.5. The van der Waals surface area contributed by atoms with Crippen molar-refractivity contribution in [3.05, 3.63) is 83.7 Å². The number of benzene rings is 3. The molecule has 0 aliphatic rings. The third kappa shape index (κ3) is 4.82. The van der Waals surface area contributed by atoms with Gasteiger partial charge in [0.2, 0.25) is 5.91 Å². The zero-order chi connectivity index (χ0) is 19.2. The van der Waals surface area contributed by atoms with Gasteiger partial charge in [0.25, 0.3) is 0 Å². The number of hydrogen-bond acceptors (Lipinski definition) is 2. The fourth-order valence-corrected chi connectivity index (χ4v) is 2.97. The summed E-state index contributed by atoms with van der Waals surface area (Å²) in [4.78, 5) is 23.6. The molecule has 0 spiro atoms. The van der Waals surface area contributed by atoms with Gasteiger partial charge in [-0.05, 0) is 34.0 Å². The Morgan fingerprint density at radius 3 is 2.41 bits per heavy atom. The molecule has 1 atom stereocenters. The summed E-state index contributed by atoms with van der Waals surface area (Å²) in [6.45, 7) is 0.279. The van der Waals surface area contributed by atoms with Gasteiger partial charge in [0, 0.05) is 13.0 Å². The average Bonchev–Trinajstić information content (AvgIpc) is 2.67. The van der Waals surface area contributed by atoms with Crippen LogP contribution in [0.3, 0.4) is 0 Å². The lowest BCUT2D eigenvalue weighted by Crippen LogP contribution is -2.47. The van der Waals surface area contributed by atoms with Gasteiger partial charge in [0.15, 0.2) is 0 Å². The molecule has 0 heterocycles. The van der Waals surface area contributed by atoms with Crippen molar-refractivity contribution in [1.29, 1.82) is 0 Å². The summed E-state index contributed by atoms with van der Waals surface area (Å²) >= 11 is 0. The van der Waals surface area contributed by atoms with Gasteiger partial charge >= 0.3 is 6.09 Å². The van der Waals surface area contributed by atoms with Crippen molar-refractivity contribution < 1.29 is 19.1 Å². The second-order valence-corrected chi connectivity index (χ2v) is 6.19. The average molecular weight is 366 g/mol. The van der Waals surface area contributed by atoms with E-state index in [0.29, 0.717) is 5.56 Å². The fraction of sp³-hybridized carbons (Fsp3) is 0.143. The molecule has 2 amide bonds. The number of amides is 2. The summed E-state index contributed by atoms with van der Waals surface area (Å²) in [7, 11) is 0. The summed E-state index contributed by atoms with van der Waals surface area (Å²) in [6, 6.07) is 18.3. The molecule has 0 aliphatic heterocycles. The van der Waals surface area contributed by atoms with Crippen LogP contribution in [-0.4, -0.2) is 23.1 Å². The molecule has 3 rings (SSSR count). The molecule has 0 bridgehead atoms. The van der Waals surface area contributed by atoms with Crippen molar-refractivity contribution in [3.63, 3.8) is 0 Å². The minimum atomic E-state index is -1.29. The molecule has 0 saturated heterocycles. The number of carbonyl (C=O) groups is 2. The van der Waals surface area contributed by atoms with E-state index in [9.17, 15) is 14.0 Å². The summed E-state index contributed by atoms with van der Waals surface area (Å²) in [5, 5.41) is 16.1. The van der Waals surface area contributed by atoms with Crippen LogP contribution in [-0.2, 0) is 17.8 Å². The van der Waals surface area contributed by atoms with Crippen molar-refractivity contribution in [1.82, 2.24) is 10.6 Å². The van der Waals surface area contributed by atoms with Crippen molar-refractivity contribution in [2.24, 2.45) is 0 Å². The summed E-state index contributed by atoms with van der Waals surface area (Å²) in [5.41, 5.74) is 1.60. The number of rotatable bonds is 6. The Hall–Kier alpha value is -3.41. The SMILES string of the molecule is O=C(O)NC(Cc1ccc(F)cc1)C(=O)NCc1cccc2ccccc12. The molecule has 0 fully saturated rings. The maximum Gasteiger partial charge on any atom is 0.405 e. The fourth-order valence-electron chi connectivity index (χ4n) is 2.97. The lowest BCUT2D eigenvalue weighted by Gasteiger charge is -2.17. The zero-order valence-corrected chi connectivity index (χ0v) is 14.5. The minimum absolute atomic E-state index is 0.133. The molecule has 5 nitrogen and oxygen atoms in total. The first kappa shape index (κ1) is 18.4. The highest BCUT2D eigenvalue weighted by molar-refractivity contribution is 5.88. The quantitative estimate of drug-likeness (QED) is 0.625. The first-order chi connectivity index (χ1) is 13.0. The van der Waals surface area contributed by atoms with Crippen molar-refractivity contribution in [3.8, 4) is 0 Å². The van der Waals surface area contributed by atoms with Crippen LogP contribution in [0.25, 0.3) is 10.8 Å². The lowest BCUT2D eigenvalue weighted by molar-refractivity contribution is -0.123. The summed E-state index contributed by atoms with van der Waals surface area (Å²) < 4.78 is 13.0. The second kappa shape index (κ2) is 8.31. The normalized spacial score (nSPS) is 11.7. The van der Waals surface area contributed by atoms with E-state index in [-0.39, 0.29) is 18.8 Å². The van der Waals surface area contributed by atoms with Crippen molar-refractivity contribution in [2.75, 3.05) is 0 Å². The number of nitrogens with one attached hydrogen (secondary N) is 2. The van der Waals surface area contributed by atoms with E-state index >= 15 is 0 Å². The monoisotopic (exact) mass is 366 g/mol. The van der Waals surface area contributed by atoms with E-state index in [1.807, 2.05) is 42.5 Å². The molecule has 27 heavy (non-hydrogen) atoms. The molecule has 0 radical (unpaired) electrons. The van der Waals surface area contributed by atoms with E-state index < -0.39 is 18.0 Å². The van der Waals surface area contributed by atoms with Crippen LogP contribution in [0.15, 0.2) is 66.7 Å². The van der Waals surface area contributed by atoms with E-state index in [4.69, 9.17) is 5.11 Å². The molecule has 6 heteroatoms. The number of halogens is 1. The van der Waals surface area contributed by atoms with Gasteiger partial charge < -0.3 is 15.7 Å². The van der Waals surface area contributed by atoms with Crippen LogP contribution < -0.4 is 10.6 Å². The highest BCUT2D eigenvalue weighted by Gasteiger charge is 2.21. The van der Waals surface area contributed by atoms with E-state index in [1.54, 1.807) is 0 Å². The highest BCUT2D eigenvalue weighted by Crippen LogP contribution is 2.18. The number of carboxylic acid groups (broad SMARTS) is 1. The maximum atomic E-state index is 13.0. The summed E-state index contributed by atoms with van der Waals surface area (Å²) in [6.07, 6.45) is -1.16. The molecule has 0 aliphatic carbocycles. The highest BCUT2D eigenvalue weighted by atomic mass is 19.1. The summed E-state index contributed by atoms with van der Waals surface area (Å²) in [5.74, 6) is -0.823. The Kier molecular flexibility index (Phi) is 5.66. The third-order valence-electron chi connectivity index (χ3n) is 4.30. The molecular weight excluding hydrogens is 347 g/mol. The first-order valence-corrected chi connectivity index (χ1v) is 8.51. The van der Waals surface area contributed by atoms with Crippen molar-refractivity contribution in [2.45, 2.75) is 19.0 Å². The number of fused-ring (bicyclic) bond motifs is 1. The standard InChI is InChI=1S/C21H19FN2O3/c22-17-10-8-14(9-11-17)12-19(24-21(26)27)20(25)23-13-16-6-3-5-15-4-1-2-7-18(15)16/h1-11,19,24H,12-13H2,(H,23,25)(H,26,27). The van der Waals surface area contributed by atoms with Crippen LogP contribution >= 0.6 is 0 Å². The predicted octanol–water partition coefficient (Wildman–Crippen LogP) is 3.47. The predicted molar refractivity (Wildman–Crippen MR) is 101 cm³/mol. The van der Waals surface area contributed by atoms with Crippen LogP contribution in [0.2, 0.25) is 0 Å². The Labute approximate surface area is 155 Å². The van der Waals surface area contributed by atoms with Crippen LogP contribution in [0.1, 0.15) is 11.1 Å². The smallest absolute Gasteiger partial charge is 0.405 e. The van der Waals surface area contributed by atoms with Crippen LogP contribution in [0.5, 0.6) is 0 Å². The molecule has 3 aromatic rings. The first-order valence-electron chi connectivity index (χ1n) is 8.51. The molecule has 0 saturated carbocycles. The molecule has 1 unspecified atom stereocenters. The third-order valence-corrected chi connectivity index (χ3v) is 4.30. The number of carbonyl (C=O) groups excluding carboxylic acids is 1. The Morgan fingerprint density at radius 1 is 0.963 bits per heavy atom. The Balaban J connectivity index is 1.71. The molecule has 3 N–H and O–H groups in total. The lowest BCUT2D eigenvalue weighted by atomic mass is 10.0. The molecule has 138 valence electrons. The van der Waals surface area contributed by atoms with Gasteiger partial charge in [-0.1, -0.05) is 54.6 Å². The minimum Gasteiger partial charge on any atom is -0.465 e. The van der Waals surface area contributed by atoms with Gasteiger partial charge in [-0.2, -0.15) is 0 Å².